The number of carbonyl (C=O) groups excluding carboxylic acids is 1. The van der Waals surface area contributed by atoms with Crippen molar-refractivity contribution in [1.82, 2.24) is 10.2 Å². The largest absolute Gasteiger partial charge is 0.335 e. The molecular weight excluding hydrogens is 214 g/mol. The van der Waals surface area contributed by atoms with E-state index in [2.05, 4.69) is 11.4 Å². The molecule has 17 heavy (non-hydrogen) atoms. The first kappa shape index (κ1) is 13.8. The number of carbonyl (C=O) groups is 1. The summed E-state index contributed by atoms with van der Waals surface area (Å²) in [5, 5.41) is 11.7. The molecule has 1 fully saturated rings. The van der Waals surface area contributed by atoms with Gasteiger partial charge in [-0.25, -0.2) is 4.79 Å². The van der Waals surface area contributed by atoms with E-state index in [-0.39, 0.29) is 6.03 Å². The van der Waals surface area contributed by atoms with Gasteiger partial charge in [0.15, 0.2) is 0 Å². The van der Waals surface area contributed by atoms with Crippen LogP contribution < -0.4 is 5.32 Å². The van der Waals surface area contributed by atoms with Crippen molar-refractivity contribution in [2.45, 2.75) is 57.9 Å². The van der Waals surface area contributed by atoms with Crippen LogP contribution in [0.1, 0.15) is 51.9 Å². The third-order valence-corrected chi connectivity index (χ3v) is 3.21. The Morgan fingerprint density at radius 3 is 2.65 bits per heavy atom. The number of nitrogens with zero attached hydrogens (tertiary/aromatic N) is 2. The van der Waals surface area contributed by atoms with Crippen molar-refractivity contribution in [3.63, 3.8) is 0 Å². The number of amides is 2. The van der Waals surface area contributed by atoms with Crippen molar-refractivity contribution < 1.29 is 4.79 Å². The lowest BCUT2D eigenvalue weighted by molar-refractivity contribution is 0.191. The highest BCUT2D eigenvalue weighted by Gasteiger charge is 2.18. The topological polar surface area (TPSA) is 56.1 Å². The molecule has 4 nitrogen and oxygen atoms in total. The fourth-order valence-corrected chi connectivity index (χ4v) is 2.28. The van der Waals surface area contributed by atoms with E-state index in [0.717, 1.165) is 25.8 Å². The lowest BCUT2D eigenvalue weighted by atomic mass is 9.96. The zero-order valence-electron chi connectivity index (χ0n) is 10.7. The average Bonchev–Trinajstić information content (AvgIpc) is 2.35. The zero-order valence-corrected chi connectivity index (χ0v) is 10.7. The van der Waals surface area contributed by atoms with E-state index in [1.807, 2.05) is 6.92 Å². The Balaban J connectivity index is 2.37. The Morgan fingerprint density at radius 2 is 2.06 bits per heavy atom. The smallest absolute Gasteiger partial charge is 0.317 e. The van der Waals surface area contributed by atoms with Crippen molar-refractivity contribution >= 4 is 6.03 Å². The van der Waals surface area contributed by atoms with Crippen molar-refractivity contribution in [3.8, 4) is 6.07 Å². The van der Waals surface area contributed by atoms with E-state index in [0.29, 0.717) is 19.0 Å². The molecule has 0 atom stereocenters. The molecular formula is C13H23N3O. The van der Waals surface area contributed by atoms with Gasteiger partial charge in [0.25, 0.3) is 0 Å². The van der Waals surface area contributed by atoms with Crippen LogP contribution in [0.4, 0.5) is 4.79 Å². The molecule has 0 aromatic carbocycles. The second-order valence-corrected chi connectivity index (χ2v) is 4.68. The second-order valence-electron chi connectivity index (χ2n) is 4.68. The van der Waals surface area contributed by atoms with Gasteiger partial charge >= 0.3 is 6.03 Å². The summed E-state index contributed by atoms with van der Waals surface area (Å²) in [7, 11) is 0. The summed E-state index contributed by atoms with van der Waals surface area (Å²) in [5.41, 5.74) is 0. The summed E-state index contributed by atoms with van der Waals surface area (Å²) in [6.07, 6.45) is 7.28. The van der Waals surface area contributed by atoms with Crippen LogP contribution in [0.15, 0.2) is 0 Å². The van der Waals surface area contributed by atoms with Crippen LogP contribution in [-0.4, -0.2) is 30.1 Å². The van der Waals surface area contributed by atoms with Gasteiger partial charge in [-0.15, -0.1) is 0 Å². The fraction of sp³-hybridized carbons (Fsp3) is 0.846. The van der Waals surface area contributed by atoms with Gasteiger partial charge in [0.1, 0.15) is 0 Å². The Morgan fingerprint density at radius 1 is 1.35 bits per heavy atom. The quantitative estimate of drug-likeness (QED) is 0.799. The highest BCUT2D eigenvalue weighted by atomic mass is 16.2. The number of rotatable bonds is 5. The van der Waals surface area contributed by atoms with Gasteiger partial charge < -0.3 is 10.2 Å². The van der Waals surface area contributed by atoms with Crippen LogP contribution >= 0.6 is 0 Å². The molecule has 1 aliphatic carbocycles. The van der Waals surface area contributed by atoms with E-state index in [9.17, 15) is 4.79 Å². The van der Waals surface area contributed by atoms with Gasteiger partial charge in [0, 0.05) is 19.1 Å². The normalized spacial score (nSPS) is 16.2. The second kappa shape index (κ2) is 7.94. The number of nitrogens with one attached hydrogen (secondary N) is 1. The lowest BCUT2D eigenvalue weighted by Crippen LogP contribution is -2.46. The van der Waals surface area contributed by atoms with Crippen LogP contribution in [0.3, 0.4) is 0 Å². The van der Waals surface area contributed by atoms with Gasteiger partial charge in [-0.3, -0.25) is 0 Å². The van der Waals surface area contributed by atoms with Crippen LogP contribution in [0, 0.1) is 11.3 Å². The molecule has 2 amide bonds. The molecule has 1 rings (SSSR count). The average molecular weight is 237 g/mol. The molecule has 0 unspecified atom stereocenters. The third-order valence-electron chi connectivity index (χ3n) is 3.21. The first-order valence-corrected chi connectivity index (χ1v) is 6.70. The van der Waals surface area contributed by atoms with Crippen LogP contribution in [0.5, 0.6) is 0 Å². The molecule has 0 radical (unpaired) electrons. The predicted molar refractivity (Wildman–Crippen MR) is 67.5 cm³/mol. The molecule has 0 bridgehead atoms. The molecule has 0 aromatic heterocycles. The van der Waals surface area contributed by atoms with Crippen molar-refractivity contribution in [2.24, 2.45) is 0 Å². The first-order chi connectivity index (χ1) is 8.27. The molecule has 1 saturated carbocycles. The molecule has 1 aliphatic rings. The van der Waals surface area contributed by atoms with Gasteiger partial charge in [-0.1, -0.05) is 26.2 Å². The van der Waals surface area contributed by atoms with Gasteiger partial charge in [0.05, 0.1) is 12.5 Å². The minimum Gasteiger partial charge on any atom is -0.335 e. The van der Waals surface area contributed by atoms with Crippen molar-refractivity contribution in [2.75, 3.05) is 13.1 Å². The minimum absolute atomic E-state index is 0.00833. The lowest BCUT2D eigenvalue weighted by Gasteiger charge is -2.27. The maximum Gasteiger partial charge on any atom is 0.317 e. The molecule has 96 valence electrons. The first-order valence-electron chi connectivity index (χ1n) is 6.70. The summed E-state index contributed by atoms with van der Waals surface area (Å²) in [6, 6.07) is 2.45. The Labute approximate surface area is 104 Å². The fourth-order valence-electron chi connectivity index (χ4n) is 2.28. The third kappa shape index (κ3) is 5.08. The molecule has 0 saturated heterocycles. The van der Waals surface area contributed by atoms with E-state index in [1.165, 1.54) is 19.3 Å². The summed E-state index contributed by atoms with van der Waals surface area (Å²) in [4.78, 5) is 13.8. The van der Waals surface area contributed by atoms with E-state index in [4.69, 9.17) is 5.26 Å². The molecule has 0 spiro atoms. The Bertz CT molecular complexity index is 266. The van der Waals surface area contributed by atoms with Gasteiger partial charge in [-0.2, -0.15) is 5.26 Å². The van der Waals surface area contributed by atoms with E-state index < -0.39 is 0 Å². The minimum atomic E-state index is 0.00833. The van der Waals surface area contributed by atoms with Gasteiger partial charge in [0.2, 0.25) is 0 Å². The van der Waals surface area contributed by atoms with Crippen LogP contribution in [0.25, 0.3) is 0 Å². The predicted octanol–water partition coefficient (Wildman–Crippen LogP) is 2.65. The highest BCUT2D eigenvalue weighted by molar-refractivity contribution is 5.74. The zero-order chi connectivity index (χ0) is 12.5. The number of nitriles is 1. The molecule has 4 heteroatoms. The van der Waals surface area contributed by atoms with Crippen LogP contribution in [0.2, 0.25) is 0 Å². The Hall–Kier alpha value is -1.24. The number of hydrogen-bond acceptors (Lipinski definition) is 2. The van der Waals surface area contributed by atoms with Gasteiger partial charge in [-0.05, 0) is 19.3 Å². The molecule has 0 aliphatic heterocycles. The van der Waals surface area contributed by atoms with Crippen LogP contribution in [-0.2, 0) is 0 Å². The number of urea groups is 1. The summed E-state index contributed by atoms with van der Waals surface area (Å²) < 4.78 is 0. The maximum absolute atomic E-state index is 12.0. The molecule has 0 aromatic rings. The number of hydrogen-bond donors (Lipinski definition) is 1. The highest BCUT2D eigenvalue weighted by Crippen LogP contribution is 2.17. The maximum atomic E-state index is 12.0. The summed E-state index contributed by atoms with van der Waals surface area (Å²) in [6.45, 7) is 3.33. The molecule has 0 heterocycles. The summed E-state index contributed by atoms with van der Waals surface area (Å²) in [5.74, 6) is 0. The summed E-state index contributed by atoms with van der Waals surface area (Å²) >= 11 is 0. The monoisotopic (exact) mass is 237 g/mol. The molecule has 1 N–H and O–H groups in total. The van der Waals surface area contributed by atoms with Crippen molar-refractivity contribution in [3.05, 3.63) is 0 Å². The Kier molecular flexibility index (Phi) is 6.46. The van der Waals surface area contributed by atoms with Crippen molar-refractivity contribution in [1.29, 1.82) is 5.26 Å². The van der Waals surface area contributed by atoms with E-state index in [1.54, 1.807) is 4.90 Å². The standard InChI is InChI=1S/C13H23N3O/c1-2-10-16(11-6-9-14)13(17)15-12-7-4-3-5-8-12/h12H,2-8,10-11H2,1H3,(H,15,17). The SMILES string of the molecule is CCCN(CCC#N)C(=O)NC1CCCCC1. The van der Waals surface area contributed by atoms with E-state index >= 15 is 0 Å².